The summed E-state index contributed by atoms with van der Waals surface area (Å²) in [5, 5.41) is 0. The molecule has 0 aromatic rings. The largest absolute Gasteiger partial charge is 0.384 e. The third kappa shape index (κ3) is 13.2. The smallest absolute Gasteiger partial charge is 0.137 e. The molecule has 1 atom stereocenters. The Bertz CT molecular complexity index is 202. The molecule has 0 rings (SSSR count). The third-order valence-electron chi connectivity index (χ3n) is 2.29. The van der Waals surface area contributed by atoms with Crippen molar-refractivity contribution in [2.45, 2.75) is 40.0 Å². The maximum Gasteiger partial charge on any atom is 0.137 e. The van der Waals surface area contributed by atoms with E-state index in [1.165, 1.54) is 0 Å². The average molecular weight is 246 g/mol. The molecule has 0 N–H and O–H groups in total. The lowest BCUT2D eigenvalue weighted by molar-refractivity contribution is -0.123. The van der Waals surface area contributed by atoms with Crippen molar-refractivity contribution < 1.29 is 19.1 Å². The molecular formula is C13H26O4. The van der Waals surface area contributed by atoms with Crippen LogP contribution in [0.3, 0.4) is 0 Å². The van der Waals surface area contributed by atoms with Gasteiger partial charge in [-0.15, -0.1) is 0 Å². The number of carbonyl (C=O) groups is 2. The SMILES string of the molecule is CCC(=O)C(C)COC.CCC(=O)CCOC. The number of carbonyl (C=O) groups excluding carboxylic acids is 2. The van der Waals surface area contributed by atoms with Crippen LogP contribution >= 0.6 is 0 Å². The minimum atomic E-state index is 0.0694. The molecule has 0 radical (unpaired) electrons. The molecule has 0 aromatic heterocycles. The molecule has 0 bridgehead atoms. The van der Waals surface area contributed by atoms with Crippen LogP contribution in [0.5, 0.6) is 0 Å². The standard InChI is InChI=1S/C7H14O2.C6H12O2/c1-4-7(8)6(2)5-9-3;1-3-6(7)4-5-8-2/h6H,4-5H2,1-3H3;3-5H2,1-2H3. The van der Waals surface area contributed by atoms with Crippen LogP contribution < -0.4 is 0 Å². The maximum absolute atomic E-state index is 10.8. The Morgan fingerprint density at radius 2 is 1.65 bits per heavy atom. The van der Waals surface area contributed by atoms with E-state index in [4.69, 9.17) is 9.47 Å². The first kappa shape index (κ1) is 18.6. The van der Waals surface area contributed by atoms with Crippen LogP contribution in [0.1, 0.15) is 40.0 Å². The molecule has 4 heteroatoms. The van der Waals surface area contributed by atoms with Crippen LogP contribution in [0.25, 0.3) is 0 Å². The molecule has 17 heavy (non-hydrogen) atoms. The van der Waals surface area contributed by atoms with Crippen molar-refractivity contribution in [2.24, 2.45) is 5.92 Å². The molecule has 1 unspecified atom stereocenters. The fourth-order valence-electron chi connectivity index (χ4n) is 1.08. The van der Waals surface area contributed by atoms with Crippen molar-refractivity contribution in [3.8, 4) is 0 Å². The second-order valence-electron chi connectivity index (χ2n) is 3.81. The molecule has 0 saturated carbocycles. The summed E-state index contributed by atoms with van der Waals surface area (Å²) in [5.41, 5.74) is 0. The number of hydrogen-bond acceptors (Lipinski definition) is 4. The van der Waals surface area contributed by atoms with Gasteiger partial charge >= 0.3 is 0 Å². The summed E-state index contributed by atoms with van der Waals surface area (Å²) >= 11 is 0. The lowest BCUT2D eigenvalue weighted by Gasteiger charge is -2.05. The van der Waals surface area contributed by atoms with Gasteiger partial charge < -0.3 is 9.47 Å². The van der Waals surface area contributed by atoms with Gasteiger partial charge in [-0.1, -0.05) is 20.8 Å². The van der Waals surface area contributed by atoms with E-state index in [9.17, 15) is 9.59 Å². The summed E-state index contributed by atoms with van der Waals surface area (Å²) in [5.74, 6) is 0.615. The van der Waals surface area contributed by atoms with Crippen LogP contribution in [0.2, 0.25) is 0 Å². The number of Topliss-reactive ketones (excluding diaryl/α,β-unsaturated/α-hetero) is 2. The molecule has 0 fully saturated rings. The highest BCUT2D eigenvalue weighted by Gasteiger charge is 2.08. The summed E-state index contributed by atoms with van der Waals surface area (Å²) in [7, 11) is 3.21. The van der Waals surface area contributed by atoms with Gasteiger partial charge in [0.05, 0.1) is 13.2 Å². The second kappa shape index (κ2) is 13.3. The summed E-state index contributed by atoms with van der Waals surface area (Å²) < 4.78 is 9.50. The zero-order chi connectivity index (χ0) is 13.7. The van der Waals surface area contributed by atoms with E-state index in [2.05, 4.69) is 0 Å². The minimum Gasteiger partial charge on any atom is -0.384 e. The normalized spacial score (nSPS) is 11.4. The van der Waals surface area contributed by atoms with Gasteiger partial charge in [-0.05, 0) is 0 Å². The van der Waals surface area contributed by atoms with Crippen LogP contribution in [0.15, 0.2) is 0 Å². The van der Waals surface area contributed by atoms with Crippen LogP contribution in [-0.4, -0.2) is 39.0 Å². The van der Waals surface area contributed by atoms with Gasteiger partial charge in [0, 0.05) is 39.4 Å². The van der Waals surface area contributed by atoms with Gasteiger partial charge in [0.25, 0.3) is 0 Å². The third-order valence-corrected chi connectivity index (χ3v) is 2.29. The number of hydrogen-bond donors (Lipinski definition) is 0. The molecule has 0 aromatic carbocycles. The zero-order valence-electron chi connectivity index (χ0n) is 11.7. The van der Waals surface area contributed by atoms with Crippen molar-refractivity contribution in [1.82, 2.24) is 0 Å². The van der Waals surface area contributed by atoms with Crippen molar-refractivity contribution >= 4 is 11.6 Å². The van der Waals surface area contributed by atoms with Crippen molar-refractivity contribution in [3.63, 3.8) is 0 Å². The topological polar surface area (TPSA) is 52.6 Å². The van der Waals surface area contributed by atoms with E-state index in [0.29, 0.717) is 32.5 Å². The van der Waals surface area contributed by atoms with E-state index in [1.54, 1.807) is 14.2 Å². The molecule has 102 valence electrons. The molecule has 0 aliphatic rings. The van der Waals surface area contributed by atoms with E-state index in [-0.39, 0.29) is 17.5 Å². The predicted octanol–water partition coefficient (Wildman–Crippen LogP) is 2.25. The Morgan fingerprint density at radius 3 is 2.00 bits per heavy atom. The lowest BCUT2D eigenvalue weighted by Crippen LogP contribution is -2.14. The average Bonchev–Trinajstić information content (AvgIpc) is 2.35. The van der Waals surface area contributed by atoms with Crippen LogP contribution in [0, 0.1) is 5.92 Å². The fraction of sp³-hybridized carbons (Fsp3) is 0.846. The molecular weight excluding hydrogens is 220 g/mol. The van der Waals surface area contributed by atoms with Crippen LogP contribution in [-0.2, 0) is 19.1 Å². The van der Waals surface area contributed by atoms with Crippen molar-refractivity contribution in [2.75, 3.05) is 27.4 Å². The Hall–Kier alpha value is -0.740. The van der Waals surface area contributed by atoms with Gasteiger partial charge in [-0.2, -0.15) is 0 Å². The van der Waals surface area contributed by atoms with E-state index in [0.717, 1.165) is 0 Å². The summed E-state index contributed by atoms with van der Waals surface area (Å²) in [4.78, 5) is 21.3. The Morgan fingerprint density at radius 1 is 1.06 bits per heavy atom. The van der Waals surface area contributed by atoms with Gasteiger partial charge in [0.15, 0.2) is 0 Å². The molecule has 0 spiro atoms. The maximum atomic E-state index is 10.8. The molecule has 0 aliphatic heterocycles. The highest BCUT2D eigenvalue weighted by atomic mass is 16.5. The Labute approximate surface area is 105 Å². The van der Waals surface area contributed by atoms with Crippen molar-refractivity contribution in [3.05, 3.63) is 0 Å². The van der Waals surface area contributed by atoms with Crippen LogP contribution in [0.4, 0.5) is 0 Å². The highest BCUT2D eigenvalue weighted by Crippen LogP contribution is 1.99. The molecule has 0 saturated heterocycles. The van der Waals surface area contributed by atoms with E-state index < -0.39 is 0 Å². The first-order valence-electron chi connectivity index (χ1n) is 6.05. The van der Waals surface area contributed by atoms with Crippen molar-refractivity contribution in [1.29, 1.82) is 0 Å². The predicted molar refractivity (Wildman–Crippen MR) is 68.1 cm³/mol. The second-order valence-corrected chi connectivity index (χ2v) is 3.81. The number of ether oxygens (including phenoxy) is 2. The molecule has 0 heterocycles. The van der Waals surface area contributed by atoms with Gasteiger partial charge in [-0.3, -0.25) is 9.59 Å². The molecule has 0 aliphatic carbocycles. The summed E-state index contributed by atoms with van der Waals surface area (Å²) in [6, 6.07) is 0. The van der Waals surface area contributed by atoms with E-state index >= 15 is 0 Å². The molecule has 0 amide bonds. The lowest BCUT2D eigenvalue weighted by atomic mass is 10.1. The van der Waals surface area contributed by atoms with Gasteiger partial charge in [0.1, 0.15) is 11.6 Å². The first-order valence-corrected chi connectivity index (χ1v) is 6.05. The minimum absolute atomic E-state index is 0.0694. The zero-order valence-corrected chi connectivity index (χ0v) is 11.7. The van der Waals surface area contributed by atoms with Gasteiger partial charge in [0.2, 0.25) is 0 Å². The highest BCUT2D eigenvalue weighted by molar-refractivity contribution is 5.80. The molecule has 4 nitrogen and oxygen atoms in total. The Balaban J connectivity index is 0. The van der Waals surface area contributed by atoms with E-state index in [1.807, 2.05) is 20.8 Å². The quantitative estimate of drug-likeness (QED) is 0.659. The van der Waals surface area contributed by atoms with Gasteiger partial charge in [-0.25, -0.2) is 0 Å². The first-order chi connectivity index (χ1) is 8.03. The number of rotatable bonds is 8. The summed E-state index contributed by atoms with van der Waals surface area (Å²) in [6.45, 7) is 6.72. The fourth-order valence-corrected chi connectivity index (χ4v) is 1.08. The summed E-state index contributed by atoms with van der Waals surface area (Å²) in [6.07, 6.45) is 1.81. The number of ketones is 2. The number of methoxy groups -OCH3 is 2. The monoisotopic (exact) mass is 246 g/mol. The Kier molecular flexibility index (Phi) is 14.6.